The van der Waals surface area contributed by atoms with Crippen LogP contribution in [-0.4, -0.2) is 29.1 Å². The van der Waals surface area contributed by atoms with Crippen LogP contribution in [0.3, 0.4) is 0 Å². The van der Waals surface area contributed by atoms with E-state index < -0.39 is 0 Å². The van der Waals surface area contributed by atoms with Crippen LogP contribution in [0.2, 0.25) is 0 Å². The van der Waals surface area contributed by atoms with Gasteiger partial charge in [-0.05, 0) is 44.0 Å². The fourth-order valence-electron chi connectivity index (χ4n) is 2.86. The summed E-state index contributed by atoms with van der Waals surface area (Å²) in [6.07, 6.45) is 4.39. The molecule has 1 aliphatic heterocycles. The molecule has 0 N–H and O–H groups in total. The standard InChI is InChI=1S/C17H19FN2O2/c1-12-15(17(21)20-10-4-2-3-5-11-20)16(19-22-12)13-6-8-14(18)9-7-13/h6-9H,2-5,10-11H2,1H3. The van der Waals surface area contributed by atoms with E-state index in [9.17, 15) is 9.18 Å². The van der Waals surface area contributed by atoms with E-state index in [1.54, 1.807) is 19.1 Å². The highest BCUT2D eigenvalue weighted by atomic mass is 19.1. The summed E-state index contributed by atoms with van der Waals surface area (Å²) < 4.78 is 18.3. The number of carbonyl (C=O) groups is 1. The predicted molar refractivity (Wildman–Crippen MR) is 81.0 cm³/mol. The first-order valence-corrected chi connectivity index (χ1v) is 7.68. The SMILES string of the molecule is Cc1onc(-c2ccc(F)cc2)c1C(=O)N1CCCCCC1. The largest absolute Gasteiger partial charge is 0.360 e. The van der Waals surface area contributed by atoms with Gasteiger partial charge in [0.15, 0.2) is 0 Å². The Balaban J connectivity index is 1.94. The second-order valence-electron chi connectivity index (χ2n) is 5.68. The molecule has 1 fully saturated rings. The summed E-state index contributed by atoms with van der Waals surface area (Å²) in [6, 6.07) is 5.96. The molecule has 0 saturated carbocycles. The molecule has 0 atom stereocenters. The highest BCUT2D eigenvalue weighted by Gasteiger charge is 2.26. The molecule has 116 valence electrons. The molecule has 4 nitrogen and oxygen atoms in total. The van der Waals surface area contributed by atoms with Gasteiger partial charge < -0.3 is 9.42 Å². The van der Waals surface area contributed by atoms with Gasteiger partial charge in [0, 0.05) is 18.7 Å². The van der Waals surface area contributed by atoms with Gasteiger partial charge in [-0.1, -0.05) is 18.0 Å². The Morgan fingerprint density at radius 1 is 1.14 bits per heavy atom. The number of nitrogens with zero attached hydrogens (tertiary/aromatic N) is 2. The van der Waals surface area contributed by atoms with Crippen LogP contribution in [0.15, 0.2) is 28.8 Å². The second kappa shape index (κ2) is 6.30. The fourth-order valence-corrected chi connectivity index (χ4v) is 2.86. The zero-order chi connectivity index (χ0) is 15.5. The van der Waals surface area contributed by atoms with Gasteiger partial charge in [0.1, 0.15) is 22.8 Å². The Bertz CT molecular complexity index is 656. The predicted octanol–water partition coefficient (Wildman–Crippen LogP) is 3.81. The van der Waals surface area contributed by atoms with Crippen LogP contribution in [0.25, 0.3) is 11.3 Å². The molecular formula is C17H19FN2O2. The van der Waals surface area contributed by atoms with Crippen molar-refractivity contribution in [2.75, 3.05) is 13.1 Å². The number of likely N-dealkylation sites (tertiary alicyclic amines) is 1. The molecule has 0 radical (unpaired) electrons. The molecule has 5 heteroatoms. The highest BCUT2D eigenvalue weighted by molar-refractivity contribution is 6.00. The minimum atomic E-state index is -0.315. The smallest absolute Gasteiger partial charge is 0.259 e. The lowest BCUT2D eigenvalue weighted by molar-refractivity contribution is 0.0760. The lowest BCUT2D eigenvalue weighted by Gasteiger charge is -2.20. The molecule has 22 heavy (non-hydrogen) atoms. The highest BCUT2D eigenvalue weighted by Crippen LogP contribution is 2.27. The maximum atomic E-state index is 13.1. The van der Waals surface area contributed by atoms with Crippen LogP contribution in [-0.2, 0) is 0 Å². The summed E-state index contributed by atoms with van der Waals surface area (Å²) in [4.78, 5) is 14.7. The normalized spacial score (nSPS) is 15.6. The van der Waals surface area contributed by atoms with E-state index >= 15 is 0 Å². The number of aryl methyl sites for hydroxylation is 1. The molecule has 0 bridgehead atoms. The Labute approximate surface area is 128 Å². The number of aromatic nitrogens is 1. The quantitative estimate of drug-likeness (QED) is 0.847. The molecule has 1 amide bonds. The van der Waals surface area contributed by atoms with Crippen LogP contribution in [0, 0.1) is 12.7 Å². The van der Waals surface area contributed by atoms with Gasteiger partial charge in [-0.2, -0.15) is 0 Å². The summed E-state index contributed by atoms with van der Waals surface area (Å²) in [5.74, 6) is 0.151. The number of amides is 1. The van der Waals surface area contributed by atoms with Crippen LogP contribution in [0.5, 0.6) is 0 Å². The van der Waals surface area contributed by atoms with Gasteiger partial charge in [-0.3, -0.25) is 4.79 Å². The van der Waals surface area contributed by atoms with E-state index in [4.69, 9.17) is 4.52 Å². The first-order valence-electron chi connectivity index (χ1n) is 7.68. The maximum Gasteiger partial charge on any atom is 0.259 e. The molecule has 3 rings (SSSR count). The van der Waals surface area contributed by atoms with E-state index in [-0.39, 0.29) is 11.7 Å². The average Bonchev–Trinajstić information content (AvgIpc) is 2.74. The number of carbonyl (C=O) groups excluding carboxylic acids is 1. The lowest BCUT2D eigenvalue weighted by atomic mass is 10.0. The molecular weight excluding hydrogens is 283 g/mol. The van der Waals surface area contributed by atoms with E-state index in [1.165, 1.54) is 12.1 Å². The van der Waals surface area contributed by atoms with Crippen molar-refractivity contribution in [3.8, 4) is 11.3 Å². The molecule has 2 aromatic rings. The Hall–Kier alpha value is -2.17. The summed E-state index contributed by atoms with van der Waals surface area (Å²) in [6.45, 7) is 3.28. The molecule has 1 aromatic carbocycles. The van der Waals surface area contributed by atoms with Crippen molar-refractivity contribution in [2.24, 2.45) is 0 Å². The van der Waals surface area contributed by atoms with Gasteiger partial charge in [0.25, 0.3) is 5.91 Å². The Morgan fingerprint density at radius 2 is 1.77 bits per heavy atom. The monoisotopic (exact) mass is 302 g/mol. The third-order valence-corrected chi connectivity index (χ3v) is 4.09. The van der Waals surface area contributed by atoms with Crippen molar-refractivity contribution < 1.29 is 13.7 Å². The third-order valence-electron chi connectivity index (χ3n) is 4.09. The summed E-state index contributed by atoms with van der Waals surface area (Å²) in [7, 11) is 0. The Morgan fingerprint density at radius 3 is 2.41 bits per heavy atom. The van der Waals surface area contributed by atoms with Gasteiger partial charge in [0.05, 0.1) is 0 Å². The van der Waals surface area contributed by atoms with Crippen LogP contribution >= 0.6 is 0 Å². The van der Waals surface area contributed by atoms with E-state index in [1.807, 2.05) is 4.90 Å². The molecule has 0 aliphatic carbocycles. The molecule has 2 heterocycles. The van der Waals surface area contributed by atoms with Gasteiger partial charge in [0.2, 0.25) is 0 Å². The van der Waals surface area contributed by atoms with Crippen molar-refractivity contribution in [1.29, 1.82) is 0 Å². The summed E-state index contributed by atoms with van der Waals surface area (Å²) in [5, 5.41) is 4.01. The lowest BCUT2D eigenvalue weighted by Crippen LogP contribution is -2.32. The molecule has 1 aromatic heterocycles. The maximum absolute atomic E-state index is 13.1. The number of benzene rings is 1. The van der Waals surface area contributed by atoms with Crippen molar-refractivity contribution in [3.63, 3.8) is 0 Å². The topological polar surface area (TPSA) is 46.3 Å². The van der Waals surface area contributed by atoms with Crippen LogP contribution in [0.4, 0.5) is 4.39 Å². The average molecular weight is 302 g/mol. The summed E-state index contributed by atoms with van der Waals surface area (Å²) >= 11 is 0. The van der Waals surface area contributed by atoms with Gasteiger partial charge >= 0.3 is 0 Å². The summed E-state index contributed by atoms with van der Waals surface area (Å²) in [5.41, 5.74) is 1.68. The van der Waals surface area contributed by atoms with E-state index in [2.05, 4.69) is 5.16 Å². The molecule has 1 saturated heterocycles. The van der Waals surface area contributed by atoms with Crippen molar-refractivity contribution in [2.45, 2.75) is 32.6 Å². The zero-order valence-corrected chi connectivity index (χ0v) is 12.6. The minimum Gasteiger partial charge on any atom is -0.360 e. The Kier molecular flexibility index (Phi) is 4.22. The third kappa shape index (κ3) is 2.89. The number of rotatable bonds is 2. The van der Waals surface area contributed by atoms with Crippen molar-refractivity contribution >= 4 is 5.91 Å². The molecule has 1 aliphatic rings. The molecule has 0 spiro atoms. The van der Waals surface area contributed by atoms with Crippen molar-refractivity contribution in [3.05, 3.63) is 41.4 Å². The number of halogens is 1. The number of hydrogen-bond acceptors (Lipinski definition) is 3. The van der Waals surface area contributed by atoms with Crippen molar-refractivity contribution in [1.82, 2.24) is 10.1 Å². The molecule has 0 unspecified atom stereocenters. The minimum absolute atomic E-state index is 0.0417. The van der Waals surface area contributed by atoms with Gasteiger partial charge in [-0.25, -0.2) is 4.39 Å². The van der Waals surface area contributed by atoms with Crippen LogP contribution < -0.4 is 0 Å². The van der Waals surface area contributed by atoms with E-state index in [0.29, 0.717) is 22.6 Å². The first-order chi connectivity index (χ1) is 10.7. The van der Waals surface area contributed by atoms with E-state index in [0.717, 1.165) is 38.8 Å². The zero-order valence-electron chi connectivity index (χ0n) is 12.6. The fraction of sp³-hybridized carbons (Fsp3) is 0.412. The second-order valence-corrected chi connectivity index (χ2v) is 5.68. The number of hydrogen-bond donors (Lipinski definition) is 0. The van der Waals surface area contributed by atoms with Crippen LogP contribution in [0.1, 0.15) is 41.8 Å². The van der Waals surface area contributed by atoms with Gasteiger partial charge in [-0.15, -0.1) is 0 Å². The first kappa shape index (κ1) is 14.8.